The second kappa shape index (κ2) is 10.5. The molecule has 2 heterocycles. The number of rotatable bonds is 10. The van der Waals surface area contributed by atoms with E-state index < -0.39 is 0 Å². The summed E-state index contributed by atoms with van der Waals surface area (Å²) < 4.78 is 1.98. The molecule has 0 saturated carbocycles. The first-order valence-corrected chi connectivity index (χ1v) is 10.5. The van der Waals surface area contributed by atoms with Crippen molar-refractivity contribution in [3.8, 4) is 0 Å². The van der Waals surface area contributed by atoms with Gasteiger partial charge >= 0.3 is 0 Å². The van der Waals surface area contributed by atoms with Crippen molar-refractivity contribution in [1.82, 2.24) is 24.8 Å². The van der Waals surface area contributed by atoms with Crippen molar-refractivity contribution in [1.29, 1.82) is 0 Å². The van der Waals surface area contributed by atoms with E-state index in [-0.39, 0.29) is 18.4 Å². The fourth-order valence-electron chi connectivity index (χ4n) is 3.50. The topological polar surface area (TPSA) is 80.1 Å². The lowest BCUT2D eigenvalue weighted by atomic mass is 10.3. The summed E-state index contributed by atoms with van der Waals surface area (Å²) in [6.07, 6.45) is 3.99. The first-order valence-electron chi connectivity index (χ1n) is 10.5. The van der Waals surface area contributed by atoms with Gasteiger partial charge in [0.15, 0.2) is 0 Å². The van der Waals surface area contributed by atoms with Gasteiger partial charge in [-0.2, -0.15) is 0 Å². The molecule has 7 heteroatoms. The second-order valence-corrected chi connectivity index (χ2v) is 7.20. The minimum atomic E-state index is -0.216. The number of nitrogens with zero attached hydrogens (tertiary/aromatic N) is 4. The minimum absolute atomic E-state index is 0.0978. The number of para-hydroxylation sites is 2. The first-order chi connectivity index (χ1) is 14.6. The molecule has 2 amide bonds. The number of amides is 2. The van der Waals surface area contributed by atoms with Crippen LogP contribution in [-0.2, 0) is 17.8 Å². The van der Waals surface area contributed by atoms with E-state index in [4.69, 9.17) is 4.98 Å². The quantitative estimate of drug-likeness (QED) is 0.560. The Labute approximate surface area is 177 Å². The number of aromatic nitrogens is 3. The van der Waals surface area contributed by atoms with Crippen molar-refractivity contribution < 1.29 is 9.59 Å². The zero-order valence-electron chi connectivity index (χ0n) is 17.7. The third-order valence-corrected chi connectivity index (χ3v) is 4.90. The highest BCUT2D eigenvalue weighted by atomic mass is 16.2. The Morgan fingerprint density at radius 3 is 2.47 bits per heavy atom. The van der Waals surface area contributed by atoms with E-state index in [0.717, 1.165) is 42.8 Å². The Hall–Kier alpha value is -3.22. The summed E-state index contributed by atoms with van der Waals surface area (Å²) in [5, 5.41) is 2.89. The summed E-state index contributed by atoms with van der Waals surface area (Å²) in [7, 11) is 0. The van der Waals surface area contributed by atoms with E-state index in [1.807, 2.05) is 33.7 Å². The summed E-state index contributed by atoms with van der Waals surface area (Å²) in [5.41, 5.74) is 2.18. The van der Waals surface area contributed by atoms with Crippen LogP contribution >= 0.6 is 0 Å². The van der Waals surface area contributed by atoms with Gasteiger partial charge < -0.3 is 14.8 Å². The van der Waals surface area contributed by atoms with Gasteiger partial charge in [0.1, 0.15) is 18.1 Å². The van der Waals surface area contributed by atoms with E-state index in [0.29, 0.717) is 18.7 Å². The molecule has 0 aliphatic heterocycles. The van der Waals surface area contributed by atoms with E-state index >= 15 is 0 Å². The van der Waals surface area contributed by atoms with E-state index in [1.165, 1.54) is 0 Å². The number of fused-ring (bicyclic) bond motifs is 1. The first kappa shape index (κ1) is 21.5. The number of benzene rings is 1. The van der Waals surface area contributed by atoms with Gasteiger partial charge in [-0.05, 0) is 37.1 Å². The van der Waals surface area contributed by atoms with Crippen LogP contribution in [0.4, 0.5) is 0 Å². The molecule has 0 atom stereocenters. The average Bonchev–Trinajstić information content (AvgIpc) is 3.11. The predicted molar refractivity (Wildman–Crippen MR) is 117 cm³/mol. The SMILES string of the molecule is CCCN(CCC)C(=O)Cn1c(CCNC(=O)c2ccccn2)nc2ccccc21. The summed E-state index contributed by atoms with van der Waals surface area (Å²) in [5.74, 6) is 0.672. The maximum atomic E-state index is 13.0. The van der Waals surface area contributed by atoms with Crippen LogP contribution in [0.5, 0.6) is 0 Å². The highest BCUT2D eigenvalue weighted by Gasteiger charge is 2.17. The van der Waals surface area contributed by atoms with Gasteiger partial charge in [0.2, 0.25) is 5.91 Å². The van der Waals surface area contributed by atoms with Crippen LogP contribution in [0.1, 0.15) is 43.0 Å². The third-order valence-electron chi connectivity index (χ3n) is 4.90. The molecule has 1 aromatic carbocycles. The molecule has 0 aliphatic carbocycles. The third kappa shape index (κ3) is 5.23. The number of hydrogen-bond donors (Lipinski definition) is 1. The molecule has 3 rings (SSSR count). The smallest absolute Gasteiger partial charge is 0.269 e. The number of pyridine rings is 1. The number of imidazole rings is 1. The van der Waals surface area contributed by atoms with Crippen molar-refractivity contribution in [2.24, 2.45) is 0 Å². The van der Waals surface area contributed by atoms with Crippen molar-refractivity contribution >= 4 is 22.8 Å². The van der Waals surface area contributed by atoms with Gasteiger partial charge in [0.05, 0.1) is 11.0 Å². The van der Waals surface area contributed by atoms with Crippen molar-refractivity contribution in [2.75, 3.05) is 19.6 Å². The maximum absolute atomic E-state index is 13.0. The minimum Gasteiger partial charge on any atom is -0.350 e. The standard InChI is InChI=1S/C23H29N5O2/c1-3-15-27(16-4-2)22(29)17-28-20-11-6-5-9-18(20)26-21(28)12-14-25-23(30)19-10-7-8-13-24-19/h5-11,13H,3-4,12,14-17H2,1-2H3,(H,25,30). The van der Waals surface area contributed by atoms with Crippen LogP contribution in [0.3, 0.4) is 0 Å². The van der Waals surface area contributed by atoms with Crippen molar-refractivity contribution in [3.63, 3.8) is 0 Å². The molecule has 0 spiro atoms. The average molecular weight is 408 g/mol. The molecule has 158 valence electrons. The van der Waals surface area contributed by atoms with Crippen LogP contribution in [0, 0.1) is 0 Å². The molecule has 7 nitrogen and oxygen atoms in total. The normalized spacial score (nSPS) is 10.9. The van der Waals surface area contributed by atoms with Gasteiger partial charge in [0.25, 0.3) is 5.91 Å². The Kier molecular flexibility index (Phi) is 7.54. The molecular weight excluding hydrogens is 378 g/mol. The van der Waals surface area contributed by atoms with Crippen LogP contribution in [0.2, 0.25) is 0 Å². The Balaban J connectivity index is 1.74. The zero-order valence-corrected chi connectivity index (χ0v) is 17.7. The van der Waals surface area contributed by atoms with E-state index in [2.05, 4.69) is 24.1 Å². The number of carbonyl (C=O) groups is 2. The molecule has 0 unspecified atom stereocenters. The summed E-state index contributed by atoms with van der Waals surface area (Å²) >= 11 is 0. The molecular formula is C23H29N5O2. The predicted octanol–water partition coefficient (Wildman–Crippen LogP) is 3.05. The van der Waals surface area contributed by atoms with Gasteiger partial charge in [-0.25, -0.2) is 4.98 Å². The Morgan fingerprint density at radius 1 is 1.03 bits per heavy atom. The van der Waals surface area contributed by atoms with E-state index in [9.17, 15) is 9.59 Å². The molecule has 3 aromatic rings. The maximum Gasteiger partial charge on any atom is 0.269 e. The van der Waals surface area contributed by atoms with E-state index in [1.54, 1.807) is 24.4 Å². The molecule has 0 bridgehead atoms. The molecule has 0 fully saturated rings. The monoisotopic (exact) mass is 407 g/mol. The number of hydrogen-bond acceptors (Lipinski definition) is 4. The van der Waals surface area contributed by atoms with Crippen LogP contribution in [0.15, 0.2) is 48.7 Å². The van der Waals surface area contributed by atoms with Crippen molar-refractivity contribution in [2.45, 2.75) is 39.7 Å². The number of carbonyl (C=O) groups excluding carboxylic acids is 2. The Bertz CT molecular complexity index is 978. The lowest BCUT2D eigenvalue weighted by Gasteiger charge is -2.22. The van der Waals surface area contributed by atoms with Crippen LogP contribution in [-0.4, -0.2) is 50.9 Å². The van der Waals surface area contributed by atoms with Crippen LogP contribution < -0.4 is 5.32 Å². The molecule has 0 aliphatic rings. The summed E-state index contributed by atoms with van der Waals surface area (Å²) in [6.45, 7) is 6.35. The van der Waals surface area contributed by atoms with Gasteiger partial charge in [-0.15, -0.1) is 0 Å². The molecule has 30 heavy (non-hydrogen) atoms. The summed E-state index contributed by atoms with van der Waals surface area (Å²) in [4.78, 5) is 35.9. The van der Waals surface area contributed by atoms with Gasteiger partial charge in [-0.1, -0.05) is 32.0 Å². The molecule has 1 N–H and O–H groups in total. The lowest BCUT2D eigenvalue weighted by Crippen LogP contribution is -2.35. The van der Waals surface area contributed by atoms with Crippen molar-refractivity contribution in [3.05, 3.63) is 60.2 Å². The fourth-order valence-corrected chi connectivity index (χ4v) is 3.50. The van der Waals surface area contributed by atoms with Gasteiger partial charge in [0, 0.05) is 32.3 Å². The largest absolute Gasteiger partial charge is 0.350 e. The highest BCUT2D eigenvalue weighted by molar-refractivity contribution is 5.92. The lowest BCUT2D eigenvalue weighted by molar-refractivity contribution is -0.131. The van der Waals surface area contributed by atoms with Crippen LogP contribution in [0.25, 0.3) is 11.0 Å². The molecule has 2 aromatic heterocycles. The zero-order chi connectivity index (χ0) is 21.3. The molecule has 0 radical (unpaired) electrons. The van der Waals surface area contributed by atoms with Gasteiger partial charge in [-0.3, -0.25) is 14.6 Å². The molecule has 0 saturated heterocycles. The summed E-state index contributed by atoms with van der Waals surface area (Å²) in [6, 6.07) is 13.1. The Morgan fingerprint density at radius 2 is 1.77 bits per heavy atom. The highest BCUT2D eigenvalue weighted by Crippen LogP contribution is 2.17. The fraction of sp³-hybridized carbons (Fsp3) is 0.391. The number of nitrogens with one attached hydrogen (secondary N) is 1. The second-order valence-electron chi connectivity index (χ2n) is 7.20.